The Hall–Kier alpha value is -2.41. The topological polar surface area (TPSA) is 81.8 Å². The molecule has 1 rings (SSSR count). The lowest BCUT2D eigenvalue weighted by atomic mass is 10.2. The molecule has 0 aliphatic carbocycles. The maximum absolute atomic E-state index is 12.6. The van der Waals surface area contributed by atoms with Gasteiger partial charge in [-0.25, -0.2) is 0 Å². The number of hydrogen-bond donors (Lipinski definition) is 2. The Bertz CT molecular complexity index is 633. The summed E-state index contributed by atoms with van der Waals surface area (Å²) in [7, 11) is 0. The molecule has 0 bridgehead atoms. The van der Waals surface area contributed by atoms with Gasteiger partial charge in [-0.15, -0.1) is 0 Å². The Morgan fingerprint density at radius 1 is 0.889 bits per heavy atom. The molecule has 0 aromatic heterocycles. The Balaban J connectivity index is 2.62. The summed E-state index contributed by atoms with van der Waals surface area (Å²) in [6, 6.07) is 7.13. The summed E-state index contributed by atoms with van der Waals surface area (Å²) in [6.45, 7) is 12.3. The van der Waals surface area contributed by atoms with Gasteiger partial charge < -0.3 is 15.5 Å². The van der Waals surface area contributed by atoms with E-state index in [-0.39, 0.29) is 42.9 Å². The summed E-state index contributed by atoms with van der Waals surface area (Å²) in [5.74, 6) is -0.307. The summed E-state index contributed by atoms with van der Waals surface area (Å²) in [6.07, 6.45) is 0. The fourth-order valence-corrected chi connectivity index (χ4v) is 2.97. The van der Waals surface area contributed by atoms with Gasteiger partial charge in [0.15, 0.2) is 0 Å². The van der Waals surface area contributed by atoms with Crippen LogP contribution in [0.4, 0.5) is 11.4 Å². The highest BCUT2D eigenvalue weighted by atomic mass is 16.2. The minimum absolute atomic E-state index is 0.0225. The van der Waals surface area contributed by atoms with E-state index in [9.17, 15) is 14.4 Å². The molecule has 7 nitrogen and oxygen atoms in total. The predicted octanol–water partition coefficient (Wildman–Crippen LogP) is 2.55. The summed E-state index contributed by atoms with van der Waals surface area (Å²) in [4.78, 5) is 39.6. The minimum Gasteiger partial charge on any atom is -0.337 e. The van der Waals surface area contributed by atoms with E-state index in [1.807, 2.05) is 44.4 Å². The third-order valence-corrected chi connectivity index (χ3v) is 4.06. The highest BCUT2D eigenvalue weighted by Crippen LogP contribution is 2.13. The maximum Gasteiger partial charge on any atom is 0.238 e. The highest BCUT2D eigenvalue weighted by Gasteiger charge is 2.22. The first kappa shape index (κ1) is 22.6. The smallest absolute Gasteiger partial charge is 0.238 e. The zero-order valence-corrected chi connectivity index (χ0v) is 17.2. The number of nitrogens with one attached hydrogen (secondary N) is 2. The first-order valence-electron chi connectivity index (χ1n) is 9.35. The molecule has 7 heteroatoms. The van der Waals surface area contributed by atoms with Crippen LogP contribution < -0.4 is 10.6 Å². The van der Waals surface area contributed by atoms with E-state index >= 15 is 0 Å². The van der Waals surface area contributed by atoms with Crippen molar-refractivity contribution in [2.45, 2.75) is 53.6 Å². The molecule has 150 valence electrons. The van der Waals surface area contributed by atoms with Crippen molar-refractivity contribution < 1.29 is 14.4 Å². The average molecular weight is 377 g/mol. The number of rotatable bonds is 9. The van der Waals surface area contributed by atoms with Crippen molar-refractivity contribution in [3.8, 4) is 0 Å². The zero-order valence-electron chi connectivity index (χ0n) is 17.2. The van der Waals surface area contributed by atoms with Crippen LogP contribution in [-0.2, 0) is 14.4 Å². The number of anilines is 2. The molecule has 1 aromatic rings. The molecule has 3 amide bonds. The lowest BCUT2D eigenvalue weighted by Gasteiger charge is -2.32. The summed E-state index contributed by atoms with van der Waals surface area (Å²) in [5, 5.41) is 5.49. The van der Waals surface area contributed by atoms with Gasteiger partial charge in [0.1, 0.15) is 0 Å². The van der Waals surface area contributed by atoms with Gasteiger partial charge in [0, 0.05) is 30.4 Å². The standard InChI is InChI=1S/C20H32N4O3/c1-7-23(13-20(27)24(14(2)3)15(4)5)12-19(26)22-18-10-8-17(9-11-18)21-16(6)25/h8-11,14-15H,7,12-13H2,1-6H3,(H,21,25)(H,22,26). The van der Waals surface area contributed by atoms with Gasteiger partial charge in [-0.05, 0) is 58.5 Å². The molecular weight excluding hydrogens is 344 g/mol. The molecule has 27 heavy (non-hydrogen) atoms. The summed E-state index contributed by atoms with van der Waals surface area (Å²) >= 11 is 0. The van der Waals surface area contributed by atoms with E-state index in [2.05, 4.69) is 10.6 Å². The van der Waals surface area contributed by atoms with Crippen LogP contribution >= 0.6 is 0 Å². The molecule has 0 fully saturated rings. The third kappa shape index (κ3) is 7.78. The zero-order chi connectivity index (χ0) is 20.6. The highest BCUT2D eigenvalue weighted by molar-refractivity contribution is 5.93. The van der Waals surface area contributed by atoms with Gasteiger partial charge in [-0.2, -0.15) is 0 Å². The van der Waals surface area contributed by atoms with Crippen LogP contribution in [0.25, 0.3) is 0 Å². The second-order valence-electron chi connectivity index (χ2n) is 7.10. The normalized spacial score (nSPS) is 11.0. The van der Waals surface area contributed by atoms with Gasteiger partial charge >= 0.3 is 0 Å². The third-order valence-electron chi connectivity index (χ3n) is 4.06. The van der Waals surface area contributed by atoms with Crippen LogP contribution in [0.3, 0.4) is 0 Å². The van der Waals surface area contributed by atoms with Gasteiger partial charge in [-0.1, -0.05) is 6.92 Å². The van der Waals surface area contributed by atoms with Gasteiger partial charge in [-0.3, -0.25) is 19.3 Å². The van der Waals surface area contributed by atoms with Crippen molar-refractivity contribution in [3.05, 3.63) is 24.3 Å². The molecule has 0 saturated carbocycles. The van der Waals surface area contributed by atoms with Crippen LogP contribution in [-0.4, -0.2) is 59.2 Å². The van der Waals surface area contributed by atoms with E-state index in [0.29, 0.717) is 17.9 Å². The van der Waals surface area contributed by atoms with Crippen molar-refractivity contribution >= 4 is 29.1 Å². The second kappa shape index (κ2) is 10.7. The molecule has 0 spiro atoms. The van der Waals surface area contributed by atoms with Crippen molar-refractivity contribution in [1.82, 2.24) is 9.80 Å². The molecule has 0 unspecified atom stereocenters. The largest absolute Gasteiger partial charge is 0.337 e. The van der Waals surface area contributed by atoms with E-state index in [1.54, 1.807) is 24.3 Å². The van der Waals surface area contributed by atoms with Gasteiger partial charge in [0.2, 0.25) is 17.7 Å². The molecule has 2 N–H and O–H groups in total. The summed E-state index contributed by atoms with van der Waals surface area (Å²) in [5.41, 5.74) is 1.31. The van der Waals surface area contributed by atoms with Gasteiger partial charge in [0.25, 0.3) is 0 Å². The van der Waals surface area contributed by atoms with E-state index < -0.39 is 0 Å². The molecule has 0 aliphatic heterocycles. The molecule has 0 saturated heterocycles. The number of likely N-dealkylation sites (N-methyl/N-ethyl adjacent to an activating group) is 1. The second-order valence-corrected chi connectivity index (χ2v) is 7.10. The first-order chi connectivity index (χ1) is 12.6. The number of carbonyl (C=O) groups excluding carboxylic acids is 3. The molecule has 0 heterocycles. The van der Waals surface area contributed by atoms with Crippen molar-refractivity contribution in [1.29, 1.82) is 0 Å². The minimum atomic E-state index is -0.183. The summed E-state index contributed by atoms with van der Waals surface area (Å²) < 4.78 is 0. The van der Waals surface area contributed by atoms with Crippen LogP contribution in [0.15, 0.2) is 24.3 Å². The maximum atomic E-state index is 12.6. The number of carbonyl (C=O) groups is 3. The van der Waals surface area contributed by atoms with E-state index in [0.717, 1.165) is 0 Å². The fraction of sp³-hybridized carbons (Fsp3) is 0.550. The van der Waals surface area contributed by atoms with Crippen LogP contribution in [0.2, 0.25) is 0 Å². The first-order valence-corrected chi connectivity index (χ1v) is 9.35. The Labute approximate surface area is 162 Å². The van der Waals surface area contributed by atoms with Crippen molar-refractivity contribution in [2.75, 3.05) is 30.3 Å². The monoisotopic (exact) mass is 376 g/mol. The number of hydrogen-bond acceptors (Lipinski definition) is 4. The van der Waals surface area contributed by atoms with Gasteiger partial charge in [0.05, 0.1) is 13.1 Å². The lowest BCUT2D eigenvalue weighted by molar-refractivity contribution is -0.136. The van der Waals surface area contributed by atoms with Crippen molar-refractivity contribution in [3.63, 3.8) is 0 Å². The number of amides is 3. The van der Waals surface area contributed by atoms with E-state index in [1.165, 1.54) is 6.92 Å². The Morgan fingerprint density at radius 2 is 1.37 bits per heavy atom. The SMILES string of the molecule is CCN(CC(=O)Nc1ccc(NC(C)=O)cc1)CC(=O)N(C(C)C)C(C)C. The average Bonchev–Trinajstić information content (AvgIpc) is 2.54. The van der Waals surface area contributed by atoms with E-state index in [4.69, 9.17) is 0 Å². The molecule has 0 aliphatic rings. The number of nitrogens with zero attached hydrogens (tertiary/aromatic N) is 2. The quantitative estimate of drug-likeness (QED) is 0.694. The van der Waals surface area contributed by atoms with Crippen LogP contribution in [0, 0.1) is 0 Å². The lowest BCUT2D eigenvalue weighted by Crippen LogP contribution is -2.48. The molecule has 0 atom stereocenters. The predicted molar refractivity (Wildman–Crippen MR) is 109 cm³/mol. The fourth-order valence-electron chi connectivity index (χ4n) is 2.97. The number of benzene rings is 1. The molecular formula is C20H32N4O3. The Kier molecular flexibility index (Phi) is 8.94. The van der Waals surface area contributed by atoms with Crippen LogP contribution in [0.5, 0.6) is 0 Å². The van der Waals surface area contributed by atoms with Crippen molar-refractivity contribution in [2.24, 2.45) is 0 Å². The van der Waals surface area contributed by atoms with Crippen LogP contribution in [0.1, 0.15) is 41.5 Å². The molecule has 1 aromatic carbocycles. The molecule has 0 radical (unpaired) electrons. The Morgan fingerprint density at radius 3 is 1.78 bits per heavy atom.